The van der Waals surface area contributed by atoms with Crippen molar-refractivity contribution in [1.82, 2.24) is 0 Å². The lowest BCUT2D eigenvalue weighted by Crippen LogP contribution is -2.14. The molecule has 0 aliphatic heterocycles. The molecule has 0 amide bonds. The number of fused-ring (bicyclic) bond motifs is 1. The lowest BCUT2D eigenvalue weighted by molar-refractivity contribution is 0.585. The fourth-order valence-corrected chi connectivity index (χ4v) is 2.96. The molecule has 0 spiro atoms. The molecule has 102 valence electrons. The van der Waals surface area contributed by atoms with Crippen molar-refractivity contribution in [3.05, 3.63) is 46.5 Å². The zero-order valence-electron chi connectivity index (χ0n) is 13.4. The average Bonchev–Trinajstić information content (AvgIpc) is 2.28. The molecule has 0 aromatic heterocycles. The molecule has 0 atom stereocenters. The van der Waals surface area contributed by atoms with E-state index in [1.165, 1.54) is 33.0 Å². The normalized spacial score (nSPS) is 12.4. The van der Waals surface area contributed by atoms with Gasteiger partial charge >= 0.3 is 0 Å². The van der Waals surface area contributed by atoms with Crippen molar-refractivity contribution >= 4 is 10.8 Å². The third-order valence-corrected chi connectivity index (χ3v) is 4.02. The first-order valence-electron chi connectivity index (χ1n) is 7.26. The van der Waals surface area contributed by atoms with E-state index in [0.29, 0.717) is 5.92 Å². The molecule has 0 heteroatoms. The van der Waals surface area contributed by atoms with E-state index < -0.39 is 0 Å². The summed E-state index contributed by atoms with van der Waals surface area (Å²) >= 11 is 0. The Hall–Kier alpha value is -1.30. The molecule has 19 heavy (non-hydrogen) atoms. The van der Waals surface area contributed by atoms with E-state index in [1.807, 2.05) is 0 Å². The number of benzene rings is 2. The summed E-state index contributed by atoms with van der Waals surface area (Å²) in [6, 6.07) is 9.29. The molecule has 0 unspecified atom stereocenters. The van der Waals surface area contributed by atoms with Gasteiger partial charge in [0.1, 0.15) is 0 Å². The second-order valence-electron chi connectivity index (χ2n) is 7.09. The van der Waals surface area contributed by atoms with E-state index in [9.17, 15) is 0 Å². The van der Waals surface area contributed by atoms with Crippen molar-refractivity contribution in [3.8, 4) is 0 Å². The highest BCUT2D eigenvalue weighted by molar-refractivity contribution is 5.91. The molecular weight excluding hydrogens is 228 g/mol. The van der Waals surface area contributed by atoms with E-state index in [0.717, 1.165) is 0 Å². The van der Waals surface area contributed by atoms with Crippen LogP contribution >= 0.6 is 0 Å². The van der Waals surface area contributed by atoms with Crippen LogP contribution in [-0.2, 0) is 5.41 Å². The van der Waals surface area contributed by atoms with Gasteiger partial charge in [-0.3, -0.25) is 0 Å². The third kappa shape index (κ3) is 2.54. The second-order valence-corrected chi connectivity index (χ2v) is 7.09. The van der Waals surface area contributed by atoms with Crippen molar-refractivity contribution < 1.29 is 0 Å². The molecule has 0 saturated carbocycles. The summed E-state index contributed by atoms with van der Waals surface area (Å²) in [7, 11) is 0. The molecule has 0 nitrogen and oxygen atoms in total. The highest BCUT2D eigenvalue weighted by Gasteiger charge is 2.20. The van der Waals surface area contributed by atoms with Crippen LogP contribution in [0.5, 0.6) is 0 Å². The van der Waals surface area contributed by atoms with Crippen LogP contribution < -0.4 is 0 Å². The van der Waals surface area contributed by atoms with Crippen LogP contribution in [0.2, 0.25) is 0 Å². The quantitative estimate of drug-likeness (QED) is 0.596. The Morgan fingerprint density at radius 1 is 0.895 bits per heavy atom. The van der Waals surface area contributed by atoms with Crippen LogP contribution in [-0.4, -0.2) is 0 Å². The van der Waals surface area contributed by atoms with Crippen molar-refractivity contribution in [2.24, 2.45) is 0 Å². The van der Waals surface area contributed by atoms with Crippen LogP contribution in [0.3, 0.4) is 0 Å². The molecule has 0 saturated heterocycles. The molecule has 2 aromatic carbocycles. The van der Waals surface area contributed by atoms with Gasteiger partial charge in [0.15, 0.2) is 0 Å². The van der Waals surface area contributed by atoms with Gasteiger partial charge in [-0.25, -0.2) is 0 Å². The van der Waals surface area contributed by atoms with Crippen LogP contribution in [0.15, 0.2) is 24.3 Å². The smallest absolute Gasteiger partial charge is 0.0129 e. The summed E-state index contributed by atoms with van der Waals surface area (Å²) in [6.07, 6.45) is 0. The zero-order chi connectivity index (χ0) is 14.4. The Balaban J connectivity index is 2.91. The van der Waals surface area contributed by atoms with Crippen molar-refractivity contribution in [3.63, 3.8) is 0 Å². The number of aryl methyl sites for hydroxylation is 2. The standard InChI is InChI=1S/C19H26/c1-12(2)16-11-18(19(5,6)7)14(4)17-10-13(3)8-9-15(16)17/h8-12H,1-7H3. The fraction of sp³-hybridized carbons (Fsp3) is 0.474. The number of hydrogen-bond donors (Lipinski definition) is 0. The Labute approximate surface area is 117 Å². The number of hydrogen-bond acceptors (Lipinski definition) is 0. The molecule has 0 aliphatic carbocycles. The first-order chi connectivity index (χ1) is 8.71. The molecule has 0 fully saturated rings. The molecule has 0 aliphatic rings. The van der Waals surface area contributed by atoms with Gasteiger partial charge in [0, 0.05) is 0 Å². The molecule has 2 rings (SSSR count). The summed E-state index contributed by atoms with van der Waals surface area (Å²) in [5.74, 6) is 0.562. The first kappa shape index (κ1) is 14.1. The van der Waals surface area contributed by atoms with Gasteiger partial charge in [0.25, 0.3) is 0 Å². The molecular formula is C19H26. The molecule has 0 radical (unpaired) electrons. The summed E-state index contributed by atoms with van der Waals surface area (Å²) in [4.78, 5) is 0. The Kier molecular flexibility index (Phi) is 3.47. The minimum Gasteiger partial charge on any atom is -0.0587 e. The third-order valence-electron chi connectivity index (χ3n) is 4.02. The van der Waals surface area contributed by atoms with Crippen molar-refractivity contribution in [2.75, 3.05) is 0 Å². The maximum Gasteiger partial charge on any atom is -0.0129 e. The minimum absolute atomic E-state index is 0.200. The van der Waals surface area contributed by atoms with Gasteiger partial charge in [-0.1, -0.05) is 64.4 Å². The van der Waals surface area contributed by atoms with E-state index in [2.05, 4.69) is 72.7 Å². The summed E-state index contributed by atoms with van der Waals surface area (Å²) in [6.45, 7) is 15.9. The van der Waals surface area contributed by atoms with Crippen LogP contribution in [0, 0.1) is 13.8 Å². The highest BCUT2D eigenvalue weighted by Crippen LogP contribution is 2.36. The van der Waals surface area contributed by atoms with Gasteiger partial charge in [-0.05, 0) is 52.6 Å². The van der Waals surface area contributed by atoms with E-state index in [4.69, 9.17) is 0 Å². The van der Waals surface area contributed by atoms with Crippen LogP contribution in [0.4, 0.5) is 0 Å². The van der Waals surface area contributed by atoms with E-state index in [-0.39, 0.29) is 5.41 Å². The highest BCUT2D eigenvalue weighted by atomic mass is 14.2. The number of rotatable bonds is 1. The summed E-state index contributed by atoms with van der Waals surface area (Å²) < 4.78 is 0. The maximum atomic E-state index is 2.43. The molecule has 0 bridgehead atoms. The van der Waals surface area contributed by atoms with E-state index >= 15 is 0 Å². The Morgan fingerprint density at radius 3 is 2.05 bits per heavy atom. The first-order valence-corrected chi connectivity index (χ1v) is 7.26. The fourth-order valence-electron chi connectivity index (χ4n) is 2.96. The lowest BCUT2D eigenvalue weighted by Gasteiger charge is -2.26. The maximum absolute atomic E-state index is 2.43. The lowest BCUT2D eigenvalue weighted by atomic mass is 9.79. The second kappa shape index (κ2) is 4.67. The van der Waals surface area contributed by atoms with Gasteiger partial charge in [-0.2, -0.15) is 0 Å². The monoisotopic (exact) mass is 254 g/mol. The summed E-state index contributed by atoms with van der Waals surface area (Å²) in [5, 5.41) is 2.85. The minimum atomic E-state index is 0.200. The largest absolute Gasteiger partial charge is 0.0587 e. The predicted octanol–water partition coefficient (Wildman–Crippen LogP) is 5.88. The van der Waals surface area contributed by atoms with Gasteiger partial charge in [0.05, 0.1) is 0 Å². The average molecular weight is 254 g/mol. The van der Waals surface area contributed by atoms with Gasteiger partial charge < -0.3 is 0 Å². The Morgan fingerprint density at radius 2 is 1.53 bits per heavy atom. The Bertz CT molecular complexity index is 610. The molecule has 2 aromatic rings. The van der Waals surface area contributed by atoms with Crippen LogP contribution in [0.1, 0.15) is 62.8 Å². The molecule has 0 N–H and O–H groups in total. The van der Waals surface area contributed by atoms with Crippen LogP contribution in [0.25, 0.3) is 10.8 Å². The van der Waals surface area contributed by atoms with Gasteiger partial charge in [0.2, 0.25) is 0 Å². The van der Waals surface area contributed by atoms with Gasteiger partial charge in [-0.15, -0.1) is 0 Å². The SMILES string of the molecule is Cc1ccc2c(C(C)C)cc(C(C)(C)C)c(C)c2c1. The predicted molar refractivity (Wildman–Crippen MR) is 86.2 cm³/mol. The van der Waals surface area contributed by atoms with E-state index in [1.54, 1.807) is 0 Å². The molecule has 0 heterocycles. The van der Waals surface area contributed by atoms with Crippen molar-refractivity contribution in [1.29, 1.82) is 0 Å². The summed E-state index contributed by atoms with van der Waals surface area (Å²) in [5.41, 5.74) is 5.94. The zero-order valence-corrected chi connectivity index (χ0v) is 13.4. The topological polar surface area (TPSA) is 0 Å². The van der Waals surface area contributed by atoms with Crippen molar-refractivity contribution in [2.45, 2.75) is 59.8 Å².